The molecule has 0 spiro atoms. The maximum absolute atomic E-state index is 11.7. The zero-order valence-electron chi connectivity index (χ0n) is 11.9. The average molecular weight is 275 g/mol. The van der Waals surface area contributed by atoms with E-state index in [0.29, 0.717) is 12.2 Å². The molecule has 0 saturated carbocycles. The fourth-order valence-electron chi connectivity index (χ4n) is 1.54. The highest BCUT2D eigenvalue weighted by atomic mass is 16.6. The zero-order chi connectivity index (χ0) is 14.6. The van der Waals surface area contributed by atoms with E-state index in [2.05, 4.69) is 18.2 Å². The van der Waals surface area contributed by atoms with Crippen molar-refractivity contribution in [2.45, 2.75) is 19.8 Å². The van der Waals surface area contributed by atoms with Crippen molar-refractivity contribution in [3.63, 3.8) is 0 Å². The Morgan fingerprint density at radius 2 is 2.05 bits per heavy atom. The molecule has 1 aromatic carbocycles. The van der Waals surface area contributed by atoms with Crippen molar-refractivity contribution in [2.24, 2.45) is 0 Å². The van der Waals surface area contributed by atoms with Gasteiger partial charge in [-0.1, -0.05) is 19.3 Å². The second kappa shape index (κ2) is 9.88. The Bertz CT molecular complexity index is 434. The molecule has 0 aromatic heterocycles. The zero-order valence-corrected chi connectivity index (χ0v) is 11.9. The summed E-state index contributed by atoms with van der Waals surface area (Å²) in [5.41, 5.74) is 1.54. The molecule has 0 aliphatic rings. The Hall–Kier alpha value is -1.99. The molecule has 1 rings (SSSR count). The minimum absolute atomic E-state index is 0.205. The molecule has 0 aliphatic carbocycles. The topological polar surface area (TPSA) is 47.6 Å². The van der Waals surface area contributed by atoms with Gasteiger partial charge in [0.25, 0.3) is 0 Å². The first-order valence-electron chi connectivity index (χ1n) is 6.80. The van der Waals surface area contributed by atoms with Gasteiger partial charge in [-0.25, -0.2) is 4.79 Å². The number of anilines is 1. The standard InChI is InChI=1S/C16H21NO3/c1-3-5-10-17-15-8-6-14(7-9-15)16(18)20-13-12-19-11-4-2/h2,6-9,17H,3,5,10-13H2,1H3. The second-order valence-corrected chi connectivity index (χ2v) is 4.25. The number of hydrogen-bond donors (Lipinski definition) is 1. The fourth-order valence-corrected chi connectivity index (χ4v) is 1.54. The Morgan fingerprint density at radius 3 is 2.70 bits per heavy atom. The summed E-state index contributed by atoms with van der Waals surface area (Å²) in [5, 5.41) is 3.29. The Morgan fingerprint density at radius 1 is 1.30 bits per heavy atom. The van der Waals surface area contributed by atoms with Crippen LogP contribution in [0.25, 0.3) is 0 Å². The molecule has 0 saturated heterocycles. The molecule has 20 heavy (non-hydrogen) atoms. The second-order valence-electron chi connectivity index (χ2n) is 4.25. The van der Waals surface area contributed by atoms with Gasteiger partial charge in [0.2, 0.25) is 0 Å². The summed E-state index contributed by atoms with van der Waals surface area (Å²) in [7, 11) is 0. The van der Waals surface area contributed by atoms with Crippen molar-refractivity contribution in [3.8, 4) is 12.3 Å². The molecule has 0 atom stereocenters. The number of esters is 1. The SMILES string of the molecule is C#CCOCCOC(=O)c1ccc(NCCCC)cc1. The van der Waals surface area contributed by atoms with Crippen molar-refractivity contribution < 1.29 is 14.3 Å². The van der Waals surface area contributed by atoms with Gasteiger partial charge in [-0.3, -0.25) is 0 Å². The van der Waals surface area contributed by atoms with E-state index < -0.39 is 0 Å². The average Bonchev–Trinajstić information content (AvgIpc) is 2.48. The maximum atomic E-state index is 11.7. The smallest absolute Gasteiger partial charge is 0.338 e. The lowest BCUT2D eigenvalue weighted by Gasteiger charge is -2.07. The van der Waals surface area contributed by atoms with Crippen molar-refractivity contribution in [1.29, 1.82) is 0 Å². The summed E-state index contributed by atoms with van der Waals surface area (Å²) >= 11 is 0. The maximum Gasteiger partial charge on any atom is 0.338 e. The minimum atomic E-state index is -0.352. The summed E-state index contributed by atoms with van der Waals surface area (Å²) in [5.74, 6) is 1.99. The number of terminal acetylenes is 1. The van der Waals surface area contributed by atoms with Gasteiger partial charge in [0.05, 0.1) is 12.2 Å². The molecule has 1 aromatic rings. The molecule has 0 unspecified atom stereocenters. The number of hydrogen-bond acceptors (Lipinski definition) is 4. The van der Waals surface area contributed by atoms with Crippen molar-refractivity contribution in [3.05, 3.63) is 29.8 Å². The first-order valence-corrected chi connectivity index (χ1v) is 6.80. The van der Waals surface area contributed by atoms with Crippen molar-refractivity contribution >= 4 is 11.7 Å². The molecule has 0 aliphatic heterocycles. The van der Waals surface area contributed by atoms with Crippen LogP contribution in [0.2, 0.25) is 0 Å². The Balaban J connectivity index is 2.32. The third-order valence-electron chi connectivity index (χ3n) is 2.63. The van der Waals surface area contributed by atoms with E-state index in [4.69, 9.17) is 15.9 Å². The normalized spacial score (nSPS) is 9.80. The van der Waals surface area contributed by atoms with Crippen LogP contribution in [0.5, 0.6) is 0 Å². The van der Waals surface area contributed by atoms with E-state index in [-0.39, 0.29) is 19.2 Å². The van der Waals surface area contributed by atoms with Crippen LogP contribution in [-0.4, -0.2) is 32.3 Å². The highest BCUT2D eigenvalue weighted by Crippen LogP contribution is 2.10. The Labute approximate surface area is 120 Å². The van der Waals surface area contributed by atoms with Crippen LogP contribution in [-0.2, 0) is 9.47 Å². The Kier molecular flexibility index (Phi) is 7.93. The van der Waals surface area contributed by atoms with Crippen LogP contribution in [0, 0.1) is 12.3 Å². The summed E-state index contributed by atoms with van der Waals surface area (Å²) in [6.07, 6.45) is 7.31. The predicted octanol–water partition coefficient (Wildman–Crippen LogP) is 2.71. The number of ether oxygens (including phenoxy) is 2. The van der Waals surface area contributed by atoms with E-state index in [9.17, 15) is 4.79 Å². The van der Waals surface area contributed by atoms with E-state index in [1.807, 2.05) is 12.1 Å². The summed E-state index contributed by atoms with van der Waals surface area (Å²) in [4.78, 5) is 11.7. The van der Waals surface area contributed by atoms with Crippen molar-refractivity contribution in [1.82, 2.24) is 0 Å². The first-order chi connectivity index (χ1) is 9.77. The van der Waals surface area contributed by atoms with Crippen LogP contribution < -0.4 is 5.32 Å². The quantitative estimate of drug-likeness (QED) is 0.427. The lowest BCUT2D eigenvalue weighted by Crippen LogP contribution is -2.11. The van der Waals surface area contributed by atoms with Crippen LogP contribution in [0.3, 0.4) is 0 Å². The summed E-state index contributed by atoms with van der Waals surface area (Å²) in [6, 6.07) is 7.25. The molecule has 0 fully saturated rings. The molecule has 0 radical (unpaired) electrons. The van der Waals surface area contributed by atoms with Gasteiger partial charge in [-0.2, -0.15) is 0 Å². The number of benzene rings is 1. The highest BCUT2D eigenvalue weighted by molar-refractivity contribution is 5.89. The molecule has 0 amide bonds. The molecule has 1 N–H and O–H groups in total. The fraction of sp³-hybridized carbons (Fsp3) is 0.438. The third kappa shape index (κ3) is 6.26. The van der Waals surface area contributed by atoms with E-state index in [1.165, 1.54) is 0 Å². The molecular weight excluding hydrogens is 254 g/mol. The summed E-state index contributed by atoms with van der Waals surface area (Å²) < 4.78 is 10.1. The molecule has 108 valence electrons. The van der Waals surface area contributed by atoms with Gasteiger partial charge in [-0.15, -0.1) is 6.42 Å². The number of rotatable bonds is 9. The van der Waals surface area contributed by atoms with Gasteiger partial charge < -0.3 is 14.8 Å². The molecule has 0 heterocycles. The number of carbonyl (C=O) groups is 1. The molecule has 0 bridgehead atoms. The lowest BCUT2D eigenvalue weighted by atomic mass is 10.2. The summed E-state index contributed by atoms with van der Waals surface area (Å²) in [6.45, 7) is 3.83. The van der Waals surface area contributed by atoms with Crippen LogP contribution in [0.1, 0.15) is 30.1 Å². The predicted molar refractivity (Wildman–Crippen MR) is 79.8 cm³/mol. The highest BCUT2D eigenvalue weighted by Gasteiger charge is 2.06. The molecule has 4 heteroatoms. The van der Waals surface area contributed by atoms with Crippen LogP contribution in [0.4, 0.5) is 5.69 Å². The van der Waals surface area contributed by atoms with Gasteiger partial charge in [0, 0.05) is 12.2 Å². The van der Waals surface area contributed by atoms with Gasteiger partial charge in [0.15, 0.2) is 0 Å². The van der Waals surface area contributed by atoms with Crippen LogP contribution in [0.15, 0.2) is 24.3 Å². The molecule has 4 nitrogen and oxygen atoms in total. The third-order valence-corrected chi connectivity index (χ3v) is 2.63. The van der Waals surface area contributed by atoms with E-state index >= 15 is 0 Å². The van der Waals surface area contributed by atoms with Gasteiger partial charge in [-0.05, 0) is 30.7 Å². The van der Waals surface area contributed by atoms with Crippen molar-refractivity contribution in [2.75, 3.05) is 31.7 Å². The van der Waals surface area contributed by atoms with E-state index in [0.717, 1.165) is 25.1 Å². The van der Waals surface area contributed by atoms with Gasteiger partial charge in [0.1, 0.15) is 13.2 Å². The number of unbranched alkanes of at least 4 members (excludes halogenated alkanes) is 1. The minimum Gasteiger partial charge on any atom is -0.460 e. The van der Waals surface area contributed by atoms with Gasteiger partial charge >= 0.3 is 5.97 Å². The monoisotopic (exact) mass is 275 g/mol. The van der Waals surface area contributed by atoms with E-state index in [1.54, 1.807) is 12.1 Å². The number of nitrogens with one attached hydrogen (secondary N) is 1. The van der Waals surface area contributed by atoms with Crippen LogP contribution >= 0.6 is 0 Å². The largest absolute Gasteiger partial charge is 0.460 e. The lowest BCUT2D eigenvalue weighted by molar-refractivity contribution is 0.0359. The number of carbonyl (C=O) groups excluding carboxylic acids is 1. The first kappa shape index (κ1) is 16.1. The molecular formula is C16H21NO3.